The highest BCUT2D eigenvalue weighted by molar-refractivity contribution is 7.71. The zero-order valence-corrected chi connectivity index (χ0v) is 16.0. The fourth-order valence-corrected chi connectivity index (χ4v) is 3.16. The zero-order chi connectivity index (χ0) is 18.8. The number of hydrogen-bond donors (Lipinski definition) is 0. The Balaban J connectivity index is 1.58. The molecule has 0 amide bonds. The quantitative estimate of drug-likeness (QED) is 0.444. The minimum absolute atomic E-state index is 0.257. The van der Waals surface area contributed by atoms with Gasteiger partial charge in [0.05, 0.1) is 18.7 Å². The van der Waals surface area contributed by atoms with E-state index in [9.17, 15) is 0 Å². The number of nitrogens with zero attached hydrogens (tertiary/aromatic N) is 4. The minimum atomic E-state index is 0.257. The van der Waals surface area contributed by atoms with Crippen LogP contribution in [0.15, 0.2) is 63.4 Å². The summed E-state index contributed by atoms with van der Waals surface area (Å²) in [5, 5.41) is 8.39. The van der Waals surface area contributed by atoms with Crippen LogP contribution in [-0.2, 0) is 13.2 Å². The van der Waals surface area contributed by atoms with E-state index in [0.717, 1.165) is 16.7 Å². The molecule has 138 valence electrons. The molecule has 0 saturated carbocycles. The van der Waals surface area contributed by atoms with Crippen molar-refractivity contribution in [3.8, 4) is 11.5 Å². The van der Waals surface area contributed by atoms with Crippen molar-refractivity contribution in [2.24, 2.45) is 0 Å². The van der Waals surface area contributed by atoms with Crippen molar-refractivity contribution in [1.29, 1.82) is 0 Å². The maximum Gasteiger partial charge on any atom is 0.270 e. The molecule has 0 aliphatic heterocycles. The van der Waals surface area contributed by atoms with Crippen LogP contribution in [0.5, 0.6) is 0 Å². The smallest absolute Gasteiger partial charge is 0.270 e. The van der Waals surface area contributed by atoms with Gasteiger partial charge in [-0.25, -0.2) is 0 Å². The van der Waals surface area contributed by atoms with Gasteiger partial charge in [0.1, 0.15) is 0 Å². The van der Waals surface area contributed by atoms with Crippen molar-refractivity contribution in [3.05, 3.63) is 65.3 Å². The van der Waals surface area contributed by atoms with E-state index in [0.29, 0.717) is 29.8 Å². The molecule has 0 N–H and O–H groups in total. The average molecular weight is 380 g/mol. The van der Waals surface area contributed by atoms with Crippen LogP contribution in [0.1, 0.15) is 19.7 Å². The molecular weight excluding hydrogens is 360 g/mol. The minimum Gasteiger partial charge on any atom is -0.429 e. The number of aromatic nitrogens is 3. The molecule has 0 unspecified atom stereocenters. The lowest BCUT2D eigenvalue weighted by Gasteiger charge is -2.25. The predicted molar refractivity (Wildman–Crippen MR) is 105 cm³/mol. The van der Waals surface area contributed by atoms with Gasteiger partial charge in [-0.3, -0.25) is 9.47 Å². The molecule has 0 aliphatic carbocycles. The van der Waals surface area contributed by atoms with Gasteiger partial charge in [0, 0.05) is 11.6 Å². The molecule has 2 heterocycles. The van der Waals surface area contributed by atoms with E-state index in [2.05, 4.69) is 28.9 Å². The Morgan fingerprint density at radius 3 is 2.52 bits per heavy atom. The lowest BCUT2D eigenvalue weighted by Crippen LogP contribution is -2.32. The lowest BCUT2D eigenvalue weighted by molar-refractivity contribution is 0.147. The third-order valence-corrected chi connectivity index (χ3v) is 4.76. The summed E-state index contributed by atoms with van der Waals surface area (Å²) in [7, 11) is 0. The van der Waals surface area contributed by atoms with Crippen LogP contribution < -0.4 is 0 Å². The Labute approximate surface area is 162 Å². The van der Waals surface area contributed by atoms with Gasteiger partial charge in [0.15, 0.2) is 5.58 Å². The van der Waals surface area contributed by atoms with Gasteiger partial charge in [0.2, 0.25) is 11.8 Å². The highest BCUT2D eigenvalue weighted by atomic mass is 32.1. The number of benzene rings is 2. The first-order valence-corrected chi connectivity index (χ1v) is 9.23. The summed E-state index contributed by atoms with van der Waals surface area (Å²) in [6.45, 7) is 5.36. The van der Waals surface area contributed by atoms with Gasteiger partial charge < -0.3 is 8.83 Å². The normalized spacial score (nSPS) is 11.7. The van der Waals surface area contributed by atoms with Crippen molar-refractivity contribution in [3.63, 3.8) is 0 Å². The fraction of sp³-hybridized carbons (Fsp3) is 0.250. The van der Waals surface area contributed by atoms with Gasteiger partial charge in [-0.1, -0.05) is 30.3 Å². The van der Waals surface area contributed by atoms with Gasteiger partial charge in [-0.05, 0) is 50.3 Å². The molecule has 2 aromatic heterocycles. The molecule has 0 radical (unpaired) electrons. The van der Waals surface area contributed by atoms with Gasteiger partial charge >= 0.3 is 0 Å². The Hall–Kier alpha value is -2.77. The maximum absolute atomic E-state index is 5.86. The lowest BCUT2D eigenvalue weighted by atomic mass is 10.2. The van der Waals surface area contributed by atoms with E-state index in [1.807, 2.05) is 59.2 Å². The summed E-state index contributed by atoms with van der Waals surface area (Å²) in [6, 6.07) is 17.9. The Bertz CT molecular complexity index is 1100. The monoisotopic (exact) mass is 380 g/mol. The third kappa shape index (κ3) is 3.70. The van der Waals surface area contributed by atoms with Gasteiger partial charge in [0.25, 0.3) is 4.84 Å². The van der Waals surface area contributed by atoms with E-state index in [4.69, 9.17) is 21.1 Å². The second-order valence-electron chi connectivity index (χ2n) is 6.61. The molecule has 4 aromatic rings. The van der Waals surface area contributed by atoms with E-state index >= 15 is 0 Å². The summed E-state index contributed by atoms with van der Waals surface area (Å²) >= 11 is 5.41. The summed E-state index contributed by atoms with van der Waals surface area (Å²) in [5.74, 6) is 1.10. The first-order chi connectivity index (χ1) is 13.1. The highest BCUT2D eigenvalue weighted by Crippen LogP contribution is 2.21. The molecule has 6 nitrogen and oxygen atoms in total. The van der Waals surface area contributed by atoms with Gasteiger partial charge in [-0.15, -0.1) is 10.2 Å². The highest BCUT2D eigenvalue weighted by Gasteiger charge is 2.18. The molecular formula is C20H20N4O2S. The first kappa shape index (κ1) is 17.6. The summed E-state index contributed by atoms with van der Waals surface area (Å²) in [4.78, 5) is 2.66. The molecule has 27 heavy (non-hydrogen) atoms. The Morgan fingerprint density at radius 1 is 1.00 bits per heavy atom. The number of rotatable bonds is 6. The molecule has 0 saturated heterocycles. The van der Waals surface area contributed by atoms with Crippen molar-refractivity contribution in [2.75, 3.05) is 0 Å². The topological polar surface area (TPSA) is 60.2 Å². The maximum atomic E-state index is 5.86. The molecule has 7 heteroatoms. The summed E-state index contributed by atoms with van der Waals surface area (Å²) in [6.07, 6.45) is 0. The molecule has 0 atom stereocenters. The van der Waals surface area contributed by atoms with Crippen LogP contribution in [0.25, 0.3) is 22.6 Å². The predicted octanol–water partition coefficient (Wildman–Crippen LogP) is 4.88. The van der Waals surface area contributed by atoms with E-state index in [-0.39, 0.29) is 6.04 Å². The first-order valence-electron chi connectivity index (χ1n) is 8.82. The molecule has 0 fully saturated rings. The number of fused-ring (bicyclic) bond motifs is 1. The van der Waals surface area contributed by atoms with Crippen LogP contribution in [0.4, 0.5) is 0 Å². The van der Waals surface area contributed by atoms with E-state index in [1.165, 1.54) is 0 Å². The Kier molecular flexibility index (Phi) is 4.87. The summed E-state index contributed by atoms with van der Waals surface area (Å²) < 4.78 is 13.5. The van der Waals surface area contributed by atoms with E-state index in [1.54, 1.807) is 0 Å². The summed E-state index contributed by atoms with van der Waals surface area (Å²) in [5.41, 5.74) is 2.68. The zero-order valence-electron chi connectivity index (χ0n) is 15.2. The fourth-order valence-electron chi connectivity index (χ4n) is 2.91. The molecule has 0 spiro atoms. The van der Waals surface area contributed by atoms with E-state index < -0.39 is 0 Å². The Morgan fingerprint density at radius 2 is 1.74 bits per heavy atom. The largest absolute Gasteiger partial charge is 0.429 e. The SMILES string of the molecule is CC(C)N(Cc1nnc(-c2ccccc2)o1)Cn1c(=S)oc2ccccc21. The second kappa shape index (κ2) is 7.46. The molecule has 4 rings (SSSR count). The third-order valence-electron chi connectivity index (χ3n) is 4.45. The van der Waals surface area contributed by atoms with Crippen molar-refractivity contribution >= 4 is 23.3 Å². The van der Waals surface area contributed by atoms with Crippen molar-refractivity contribution in [1.82, 2.24) is 19.7 Å². The van der Waals surface area contributed by atoms with Crippen molar-refractivity contribution < 1.29 is 8.83 Å². The van der Waals surface area contributed by atoms with Crippen LogP contribution in [-0.4, -0.2) is 25.7 Å². The average Bonchev–Trinajstić information content (AvgIpc) is 3.26. The number of para-hydroxylation sites is 2. The van der Waals surface area contributed by atoms with Crippen LogP contribution in [0, 0.1) is 4.84 Å². The number of oxazole rings is 1. The molecule has 2 aromatic carbocycles. The van der Waals surface area contributed by atoms with Crippen LogP contribution in [0.2, 0.25) is 0 Å². The molecule has 0 bridgehead atoms. The van der Waals surface area contributed by atoms with Crippen molar-refractivity contribution in [2.45, 2.75) is 33.1 Å². The van der Waals surface area contributed by atoms with Crippen LogP contribution >= 0.6 is 12.2 Å². The number of hydrogen-bond acceptors (Lipinski definition) is 6. The van der Waals surface area contributed by atoms with Crippen LogP contribution in [0.3, 0.4) is 0 Å². The standard InChI is InChI=1S/C20H20N4O2S/c1-14(2)23(13-24-16-10-6-7-11-17(16)25-20(24)27)12-18-21-22-19(26-18)15-8-4-3-5-9-15/h3-11,14H,12-13H2,1-2H3. The second-order valence-corrected chi connectivity index (χ2v) is 6.96. The van der Waals surface area contributed by atoms with Gasteiger partial charge in [-0.2, -0.15) is 0 Å². The molecule has 0 aliphatic rings.